The molecule has 0 spiro atoms. The lowest BCUT2D eigenvalue weighted by atomic mass is 10.1. The fourth-order valence-electron chi connectivity index (χ4n) is 1.91. The van der Waals surface area contributed by atoms with E-state index >= 15 is 0 Å². The lowest BCUT2D eigenvalue weighted by Crippen LogP contribution is -2.36. The summed E-state index contributed by atoms with van der Waals surface area (Å²) in [6.45, 7) is 6.09. The zero-order valence-electron chi connectivity index (χ0n) is 11.8. The molecular formula is C14H23NO3S. The highest BCUT2D eigenvalue weighted by atomic mass is 32.2. The third kappa shape index (κ3) is 4.60. The number of aliphatic hydroxyl groups excluding tert-OH is 1. The van der Waals surface area contributed by atoms with Crippen molar-refractivity contribution in [2.75, 3.05) is 18.8 Å². The molecule has 0 fully saturated rings. The van der Waals surface area contributed by atoms with Gasteiger partial charge in [-0.2, -0.15) is 4.31 Å². The van der Waals surface area contributed by atoms with Gasteiger partial charge in [0.25, 0.3) is 0 Å². The Kier molecular flexibility index (Phi) is 5.97. The van der Waals surface area contributed by atoms with Crippen molar-refractivity contribution in [2.45, 2.75) is 33.3 Å². The van der Waals surface area contributed by atoms with Crippen LogP contribution in [0.4, 0.5) is 0 Å². The van der Waals surface area contributed by atoms with Crippen LogP contribution in [0.15, 0.2) is 24.3 Å². The Morgan fingerprint density at radius 3 is 2.26 bits per heavy atom. The summed E-state index contributed by atoms with van der Waals surface area (Å²) in [7, 11) is -3.26. The molecule has 0 saturated heterocycles. The lowest BCUT2D eigenvalue weighted by molar-refractivity contribution is 0.149. The van der Waals surface area contributed by atoms with Gasteiger partial charge in [0.2, 0.25) is 10.0 Å². The van der Waals surface area contributed by atoms with Gasteiger partial charge < -0.3 is 5.11 Å². The van der Waals surface area contributed by atoms with E-state index < -0.39 is 16.1 Å². The Bertz CT molecular complexity index is 482. The number of hydrogen-bond acceptors (Lipinski definition) is 3. The zero-order valence-corrected chi connectivity index (χ0v) is 12.7. The summed E-state index contributed by atoms with van der Waals surface area (Å²) in [5.74, 6) is 0.126. The molecule has 1 aromatic rings. The van der Waals surface area contributed by atoms with Crippen LogP contribution in [0.5, 0.6) is 0 Å². The van der Waals surface area contributed by atoms with Gasteiger partial charge in [0.15, 0.2) is 0 Å². The molecule has 0 aliphatic carbocycles. The molecule has 0 radical (unpaired) electrons. The van der Waals surface area contributed by atoms with Crippen LogP contribution in [0.3, 0.4) is 0 Å². The number of hydrogen-bond donors (Lipinski definition) is 1. The predicted molar refractivity (Wildman–Crippen MR) is 77.5 cm³/mol. The first kappa shape index (κ1) is 16.1. The summed E-state index contributed by atoms with van der Waals surface area (Å²) in [6, 6.07) is 7.49. The van der Waals surface area contributed by atoms with Gasteiger partial charge in [-0.3, -0.25) is 0 Å². The molecule has 4 nitrogen and oxygen atoms in total. The van der Waals surface area contributed by atoms with Crippen LogP contribution < -0.4 is 0 Å². The first-order chi connectivity index (χ1) is 8.90. The van der Waals surface area contributed by atoms with E-state index in [-0.39, 0.29) is 12.3 Å². The number of likely N-dealkylation sites (N-methyl/N-ethyl adjacent to an activating group) is 1. The molecular weight excluding hydrogens is 262 g/mol. The smallest absolute Gasteiger partial charge is 0.214 e. The van der Waals surface area contributed by atoms with Gasteiger partial charge in [0.1, 0.15) is 0 Å². The normalized spacial score (nSPS) is 13.7. The van der Waals surface area contributed by atoms with Crippen molar-refractivity contribution in [3.8, 4) is 0 Å². The lowest BCUT2D eigenvalue weighted by Gasteiger charge is -2.23. The molecule has 0 heterocycles. The monoisotopic (exact) mass is 285 g/mol. The molecule has 5 heteroatoms. The molecule has 0 amide bonds. The van der Waals surface area contributed by atoms with Crippen molar-refractivity contribution < 1.29 is 13.5 Å². The Balaban J connectivity index is 2.78. The van der Waals surface area contributed by atoms with Crippen molar-refractivity contribution in [3.05, 3.63) is 35.4 Å². The van der Waals surface area contributed by atoms with Crippen LogP contribution in [0, 0.1) is 6.92 Å². The number of sulfonamides is 1. The molecule has 1 N–H and O–H groups in total. The minimum atomic E-state index is -3.26. The van der Waals surface area contributed by atoms with E-state index in [1.807, 2.05) is 38.1 Å². The van der Waals surface area contributed by atoms with Crippen LogP contribution in [0.1, 0.15) is 37.5 Å². The molecule has 0 bridgehead atoms. The van der Waals surface area contributed by atoms with Gasteiger partial charge in [-0.25, -0.2) is 8.42 Å². The summed E-state index contributed by atoms with van der Waals surface area (Å²) < 4.78 is 25.3. The fraction of sp³-hybridized carbons (Fsp3) is 0.571. The number of aliphatic hydroxyl groups is 1. The van der Waals surface area contributed by atoms with Crippen molar-refractivity contribution in [2.24, 2.45) is 0 Å². The highest BCUT2D eigenvalue weighted by Gasteiger charge is 2.22. The molecule has 1 aromatic carbocycles. The Labute approximate surface area is 116 Å². The van der Waals surface area contributed by atoms with Crippen molar-refractivity contribution in [3.63, 3.8) is 0 Å². The van der Waals surface area contributed by atoms with Crippen LogP contribution in [0.25, 0.3) is 0 Å². The second-order valence-electron chi connectivity index (χ2n) is 4.69. The Hall–Kier alpha value is -0.910. The molecule has 108 valence electrons. The van der Waals surface area contributed by atoms with Gasteiger partial charge >= 0.3 is 0 Å². The second-order valence-corrected chi connectivity index (χ2v) is 6.78. The van der Waals surface area contributed by atoms with Crippen molar-refractivity contribution in [1.29, 1.82) is 0 Å². The summed E-state index contributed by atoms with van der Waals surface area (Å²) >= 11 is 0. The standard InChI is InChI=1S/C14H23NO3S/c1-4-10-19(17,18)15(5-2)11-14(16)13-8-6-12(3)7-9-13/h6-9,14,16H,4-5,10-11H2,1-3H3. The quantitative estimate of drug-likeness (QED) is 0.834. The Morgan fingerprint density at radius 2 is 1.79 bits per heavy atom. The highest BCUT2D eigenvalue weighted by molar-refractivity contribution is 7.89. The minimum absolute atomic E-state index is 0.113. The molecule has 1 rings (SSSR count). The summed E-state index contributed by atoms with van der Waals surface area (Å²) in [4.78, 5) is 0. The fourth-order valence-corrected chi connectivity index (χ4v) is 3.45. The van der Waals surface area contributed by atoms with E-state index in [0.717, 1.165) is 11.1 Å². The van der Waals surface area contributed by atoms with E-state index in [4.69, 9.17) is 0 Å². The van der Waals surface area contributed by atoms with Gasteiger partial charge in [-0.1, -0.05) is 43.7 Å². The number of aryl methyl sites for hydroxylation is 1. The van der Waals surface area contributed by atoms with Gasteiger partial charge in [-0.15, -0.1) is 0 Å². The maximum Gasteiger partial charge on any atom is 0.214 e. The maximum atomic E-state index is 12.0. The van der Waals surface area contributed by atoms with Crippen molar-refractivity contribution in [1.82, 2.24) is 4.31 Å². The predicted octanol–water partition coefficient (Wildman–Crippen LogP) is 2.09. The largest absolute Gasteiger partial charge is 0.387 e. The molecule has 0 aromatic heterocycles. The van der Waals surface area contributed by atoms with E-state index in [9.17, 15) is 13.5 Å². The number of benzene rings is 1. The number of nitrogens with zero attached hydrogens (tertiary/aromatic N) is 1. The van der Waals surface area contributed by atoms with Crippen LogP contribution in [-0.4, -0.2) is 36.7 Å². The first-order valence-corrected chi connectivity index (χ1v) is 8.24. The van der Waals surface area contributed by atoms with Crippen LogP contribution in [0.2, 0.25) is 0 Å². The molecule has 0 aliphatic heterocycles. The van der Waals surface area contributed by atoms with E-state index in [2.05, 4.69) is 0 Å². The third-order valence-corrected chi connectivity index (χ3v) is 5.17. The minimum Gasteiger partial charge on any atom is -0.387 e. The number of rotatable bonds is 7. The van der Waals surface area contributed by atoms with E-state index in [1.165, 1.54) is 4.31 Å². The van der Waals surface area contributed by atoms with E-state index in [1.54, 1.807) is 6.92 Å². The molecule has 0 aliphatic rings. The molecule has 19 heavy (non-hydrogen) atoms. The SMILES string of the molecule is CCCS(=O)(=O)N(CC)CC(O)c1ccc(C)cc1. The summed E-state index contributed by atoms with van der Waals surface area (Å²) in [6.07, 6.45) is -0.202. The van der Waals surface area contributed by atoms with E-state index in [0.29, 0.717) is 13.0 Å². The average molecular weight is 285 g/mol. The van der Waals surface area contributed by atoms with Crippen LogP contribution in [-0.2, 0) is 10.0 Å². The van der Waals surface area contributed by atoms with Gasteiger partial charge in [0, 0.05) is 13.1 Å². The van der Waals surface area contributed by atoms with Gasteiger partial charge in [-0.05, 0) is 18.9 Å². The summed E-state index contributed by atoms with van der Waals surface area (Å²) in [5, 5.41) is 10.1. The molecule has 1 atom stereocenters. The highest BCUT2D eigenvalue weighted by Crippen LogP contribution is 2.17. The van der Waals surface area contributed by atoms with Crippen LogP contribution >= 0.6 is 0 Å². The molecule has 0 saturated carbocycles. The van der Waals surface area contributed by atoms with Crippen molar-refractivity contribution >= 4 is 10.0 Å². The Morgan fingerprint density at radius 1 is 1.21 bits per heavy atom. The zero-order chi connectivity index (χ0) is 14.5. The second kappa shape index (κ2) is 7.03. The summed E-state index contributed by atoms with van der Waals surface area (Å²) in [5.41, 5.74) is 1.86. The topological polar surface area (TPSA) is 57.6 Å². The third-order valence-electron chi connectivity index (χ3n) is 3.05. The first-order valence-electron chi connectivity index (χ1n) is 6.63. The maximum absolute atomic E-state index is 12.0. The molecule has 1 unspecified atom stereocenters. The average Bonchev–Trinajstić information content (AvgIpc) is 2.36. The van der Waals surface area contributed by atoms with Gasteiger partial charge in [0.05, 0.1) is 11.9 Å².